The molecule has 8 heteroatoms. The molecule has 1 N–H and O–H groups in total. The molecular formula is C20H13Br2N3O3. The zero-order chi connectivity index (χ0) is 19.9. The van der Waals surface area contributed by atoms with Crippen molar-refractivity contribution >= 4 is 50.0 Å². The van der Waals surface area contributed by atoms with Gasteiger partial charge in [0.2, 0.25) is 0 Å². The lowest BCUT2D eigenvalue weighted by Gasteiger charge is -2.10. The van der Waals surface area contributed by atoms with Crippen LogP contribution in [0.25, 0.3) is 0 Å². The van der Waals surface area contributed by atoms with Gasteiger partial charge in [0.15, 0.2) is 5.75 Å². The molecule has 0 aliphatic rings. The molecule has 0 radical (unpaired) electrons. The van der Waals surface area contributed by atoms with Crippen molar-refractivity contribution < 1.29 is 14.3 Å². The maximum atomic E-state index is 12.4. The van der Waals surface area contributed by atoms with Crippen LogP contribution >= 0.6 is 31.9 Å². The molecule has 1 heterocycles. The first kappa shape index (κ1) is 19.9. The van der Waals surface area contributed by atoms with Crippen molar-refractivity contribution in [2.24, 2.45) is 5.10 Å². The normalized spacial score (nSPS) is 10.6. The second-order valence-electron chi connectivity index (χ2n) is 5.48. The number of nitrogens with one attached hydrogen (secondary N) is 1. The van der Waals surface area contributed by atoms with E-state index in [2.05, 4.69) is 47.4 Å². The van der Waals surface area contributed by atoms with Crippen LogP contribution in [0.15, 0.2) is 80.9 Å². The second kappa shape index (κ2) is 9.38. The van der Waals surface area contributed by atoms with Gasteiger partial charge in [0.1, 0.15) is 5.69 Å². The van der Waals surface area contributed by atoms with Gasteiger partial charge in [-0.25, -0.2) is 10.2 Å². The van der Waals surface area contributed by atoms with Gasteiger partial charge in [-0.2, -0.15) is 5.10 Å². The Morgan fingerprint density at radius 3 is 2.50 bits per heavy atom. The van der Waals surface area contributed by atoms with Gasteiger partial charge in [-0.3, -0.25) is 9.78 Å². The van der Waals surface area contributed by atoms with Crippen LogP contribution in [0.5, 0.6) is 5.75 Å². The van der Waals surface area contributed by atoms with Gasteiger partial charge in [-0.15, -0.1) is 0 Å². The first-order valence-corrected chi connectivity index (χ1v) is 9.64. The largest absolute Gasteiger partial charge is 0.421 e. The lowest BCUT2D eigenvalue weighted by atomic mass is 10.2. The standard InChI is InChI=1S/C20H13Br2N3O3/c21-15-10-14(12-24-25-19(26)17-8-4-5-9-23-17)18(16(22)11-15)28-20(27)13-6-2-1-3-7-13/h1-12H,(H,25,26). The van der Waals surface area contributed by atoms with E-state index in [9.17, 15) is 9.59 Å². The molecule has 28 heavy (non-hydrogen) atoms. The Kier molecular flexibility index (Phi) is 6.67. The van der Waals surface area contributed by atoms with Crippen LogP contribution < -0.4 is 10.2 Å². The van der Waals surface area contributed by atoms with E-state index in [-0.39, 0.29) is 11.4 Å². The van der Waals surface area contributed by atoms with E-state index in [0.29, 0.717) is 15.6 Å². The monoisotopic (exact) mass is 501 g/mol. The Balaban J connectivity index is 1.80. The molecule has 0 atom stereocenters. The Labute approximate surface area is 177 Å². The minimum Gasteiger partial charge on any atom is -0.421 e. The molecule has 0 aliphatic carbocycles. The summed E-state index contributed by atoms with van der Waals surface area (Å²) < 4.78 is 6.84. The van der Waals surface area contributed by atoms with Crippen LogP contribution in [0.3, 0.4) is 0 Å². The zero-order valence-electron chi connectivity index (χ0n) is 14.3. The molecule has 0 saturated carbocycles. The molecule has 3 aromatic rings. The molecule has 140 valence electrons. The summed E-state index contributed by atoms with van der Waals surface area (Å²) in [5, 5.41) is 3.94. The average molecular weight is 503 g/mol. The second-order valence-corrected chi connectivity index (χ2v) is 7.25. The number of amides is 1. The van der Waals surface area contributed by atoms with Gasteiger partial charge < -0.3 is 4.74 Å². The van der Waals surface area contributed by atoms with Crippen molar-refractivity contribution in [1.82, 2.24) is 10.4 Å². The van der Waals surface area contributed by atoms with Gasteiger partial charge >= 0.3 is 5.97 Å². The Hall–Kier alpha value is -2.84. The maximum absolute atomic E-state index is 12.4. The van der Waals surface area contributed by atoms with Crippen LogP contribution in [0, 0.1) is 0 Å². The number of rotatable bonds is 5. The van der Waals surface area contributed by atoms with E-state index in [1.807, 2.05) is 6.07 Å². The summed E-state index contributed by atoms with van der Waals surface area (Å²) in [6, 6.07) is 17.1. The zero-order valence-corrected chi connectivity index (χ0v) is 17.5. The third-order valence-corrected chi connectivity index (χ3v) is 4.56. The molecule has 0 fully saturated rings. The van der Waals surface area contributed by atoms with E-state index >= 15 is 0 Å². The fourth-order valence-electron chi connectivity index (χ4n) is 2.22. The number of benzene rings is 2. The number of hydrogen-bond acceptors (Lipinski definition) is 5. The highest BCUT2D eigenvalue weighted by Crippen LogP contribution is 2.32. The summed E-state index contributed by atoms with van der Waals surface area (Å²) in [6.45, 7) is 0. The number of hydrogen-bond donors (Lipinski definition) is 1. The van der Waals surface area contributed by atoms with E-state index in [1.165, 1.54) is 12.4 Å². The predicted molar refractivity (Wildman–Crippen MR) is 113 cm³/mol. The van der Waals surface area contributed by atoms with E-state index in [4.69, 9.17) is 4.74 Å². The number of carbonyl (C=O) groups excluding carboxylic acids is 2. The van der Waals surface area contributed by atoms with Crippen LogP contribution in [-0.2, 0) is 0 Å². The molecule has 0 saturated heterocycles. The average Bonchev–Trinajstić information content (AvgIpc) is 2.71. The number of halogens is 2. The maximum Gasteiger partial charge on any atom is 0.343 e. The number of pyridine rings is 1. The van der Waals surface area contributed by atoms with Crippen LogP contribution in [0.4, 0.5) is 0 Å². The van der Waals surface area contributed by atoms with Crippen molar-refractivity contribution in [3.8, 4) is 5.75 Å². The van der Waals surface area contributed by atoms with E-state index in [1.54, 1.807) is 54.6 Å². The van der Waals surface area contributed by atoms with Crippen molar-refractivity contribution in [2.45, 2.75) is 0 Å². The van der Waals surface area contributed by atoms with Gasteiger partial charge in [0.05, 0.1) is 16.3 Å². The molecule has 3 rings (SSSR count). The van der Waals surface area contributed by atoms with Crippen LogP contribution in [-0.4, -0.2) is 23.1 Å². The number of hydrazone groups is 1. The number of aromatic nitrogens is 1. The highest BCUT2D eigenvalue weighted by molar-refractivity contribution is 9.11. The van der Waals surface area contributed by atoms with Crippen molar-refractivity contribution in [3.05, 3.63) is 92.6 Å². The Morgan fingerprint density at radius 1 is 1.04 bits per heavy atom. The third kappa shape index (κ3) is 5.11. The summed E-state index contributed by atoms with van der Waals surface area (Å²) in [5.74, 6) is -0.669. The van der Waals surface area contributed by atoms with Crippen molar-refractivity contribution in [2.75, 3.05) is 0 Å². The topological polar surface area (TPSA) is 80.6 Å². The predicted octanol–water partition coefficient (Wildman–Crippen LogP) is 4.59. The molecule has 2 aromatic carbocycles. The number of esters is 1. The molecule has 1 amide bonds. The lowest BCUT2D eigenvalue weighted by Crippen LogP contribution is -2.19. The molecule has 0 bridgehead atoms. The van der Waals surface area contributed by atoms with Crippen LogP contribution in [0.2, 0.25) is 0 Å². The quantitative estimate of drug-likeness (QED) is 0.239. The summed E-state index contributed by atoms with van der Waals surface area (Å²) in [5.41, 5.74) is 3.55. The number of carbonyl (C=O) groups is 2. The SMILES string of the molecule is O=C(Oc1c(Br)cc(Br)cc1C=NNC(=O)c1ccccn1)c1ccccc1. The summed E-state index contributed by atoms with van der Waals surface area (Å²) in [7, 11) is 0. The van der Waals surface area contributed by atoms with Crippen molar-refractivity contribution in [1.29, 1.82) is 0 Å². The highest BCUT2D eigenvalue weighted by atomic mass is 79.9. The lowest BCUT2D eigenvalue weighted by molar-refractivity contribution is 0.0733. The highest BCUT2D eigenvalue weighted by Gasteiger charge is 2.15. The third-order valence-electron chi connectivity index (χ3n) is 3.51. The molecule has 6 nitrogen and oxygen atoms in total. The minimum atomic E-state index is -0.504. The summed E-state index contributed by atoms with van der Waals surface area (Å²) in [6.07, 6.45) is 2.91. The molecule has 0 unspecified atom stereocenters. The molecule has 0 spiro atoms. The minimum absolute atomic E-state index is 0.241. The molecule has 0 aliphatic heterocycles. The molecule has 1 aromatic heterocycles. The van der Waals surface area contributed by atoms with Crippen molar-refractivity contribution in [3.63, 3.8) is 0 Å². The first-order chi connectivity index (χ1) is 13.5. The fraction of sp³-hybridized carbons (Fsp3) is 0. The van der Waals surface area contributed by atoms with Gasteiger partial charge in [-0.05, 0) is 52.3 Å². The van der Waals surface area contributed by atoms with E-state index in [0.717, 1.165) is 4.47 Å². The Morgan fingerprint density at radius 2 is 1.79 bits per heavy atom. The summed E-state index contributed by atoms with van der Waals surface area (Å²) >= 11 is 6.78. The molecular weight excluding hydrogens is 490 g/mol. The fourth-order valence-corrected chi connectivity index (χ4v) is 3.56. The van der Waals surface area contributed by atoms with E-state index < -0.39 is 11.9 Å². The number of ether oxygens (including phenoxy) is 1. The van der Waals surface area contributed by atoms with Gasteiger partial charge in [0, 0.05) is 16.2 Å². The smallest absolute Gasteiger partial charge is 0.343 e. The first-order valence-electron chi connectivity index (χ1n) is 8.05. The van der Waals surface area contributed by atoms with Crippen LogP contribution in [0.1, 0.15) is 26.4 Å². The Bertz CT molecular complexity index is 1030. The number of nitrogens with zero attached hydrogens (tertiary/aromatic N) is 2. The summed E-state index contributed by atoms with van der Waals surface area (Å²) in [4.78, 5) is 28.4. The van der Waals surface area contributed by atoms with Gasteiger partial charge in [0.25, 0.3) is 5.91 Å². The van der Waals surface area contributed by atoms with Gasteiger partial charge in [-0.1, -0.05) is 40.2 Å².